The number of amides is 2. The van der Waals surface area contributed by atoms with E-state index in [2.05, 4.69) is 4.72 Å². The maximum absolute atomic E-state index is 12.2. The molecule has 1 aliphatic rings. The minimum absolute atomic E-state index is 0.0323. The molecule has 1 unspecified atom stereocenters. The highest BCUT2D eigenvalue weighted by Gasteiger charge is 2.39. The Hall–Kier alpha value is -1.64. The summed E-state index contributed by atoms with van der Waals surface area (Å²) >= 11 is 5.83. The highest BCUT2D eigenvalue weighted by molar-refractivity contribution is 7.89. The van der Waals surface area contributed by atoms with E-state index in [9.17, 15) is 18.0 Å². The van der Waals surface area contributed by atoms with Crippen molar-refractivity contribution in [3.63, 3.8) is 0 Å². The lowest BCUT2D eigenvalue weighted by atomic mass is 10.3. The Labute approximate surface area is 120 Å². The van der Waals surface area contributed by atoms with Crippen LogP contribution in [0.4, 0.5) is 5.69 Å². The summed E-state index contributed by atoms with van der Waals surface area (Å²) in [5.74, 6) is -1.06. The lowest BCUT2D eigenvalue weighted by molar-refractivity contribution is -0.137. The first-order valence-electron chi connectivity index (χ1n) is 5.61. The molecule has 1 aliphatic heterocycles. The number of hydrogen-bond acceptors (Lipinski definition) is 5. The van der Waals surface area contributed by atoms with E-state index in [1.54, 1.807) is 0 Å². The Balaban J connectivity index is 2.34. The molecule has 1 fully saturated rings. The normalized spacial score (nSPS) is 19.7. The van der Waals surface area contributed by atoms with Gasteiger partial charge in [-0.3, -0.25) is 14.5 Å². The van der Waals surface area contributed by atoms with Crippen LogP contribution >= 0.6 is 11.6 Å². The summed E-state index contributed by atoms with van der Waals surface area (Å²) in [6, 6.07) is 3.14. The van der Waals surface area contributed by atoms with E-state index < -0.39 is 27.9 Å². The molecule has 1 heterocycles. The standard InChI is InChI=1S/C11H12ClN3O4S/c1-15-9(16)5-8(11(15)17)14-20(18,19)10-6(12)3-2-4-7(10)13/h2-4,8,14H,5,13H2,1H3. The van der Waals surface area contributed by atoms with Crippen LogP contribution < -0.4 is 10.5 Å². The molecule has 7 nitrogen and oxygen atoms in total. The van der Waals surface area contributed by atoms with Crippen LogP contribution in [0, 0.1) is 0 Å². The van der Waals surface area contributed by atoms with E-state index in [1.807, 2.05) is 0 Å². The molecular weight excluding hydrogens is 306 g/mol. The maximum Gasteiger partial charge on any atom is 0.247 e. The first-order chi connectivity index (χ1) is 9.24. The van der Waals surface area contributed by atoms with Crippen molar-refractivity contribution in [2.24, 2.45) is 0 Å². The van der Waals surface area contributed by atoms with Crippen molar-refractivity contribution in [3.8, 4) is 0 Å². The van der Waals surface area contributed by atoms with Gasteiger partial charge in [-0.1, -0.05) is 17.7 Å². The van der Waals surface area contributed by atoms with Crippen LogP contribution in [-0.2, 0) is 19.6 Å². The Morgan fingerprint density at radius 2 is 2.05 bits per heavy atom. The zero-order valence-corrected chi connectivity index (χ0v) is 12.0. The predicted octanol–water partition coefficient (Wildman–Crippen LogP) is -0.0422. The Kier molecular flexibility index (Phi) is 3.72. The van der Waals surface area contributed by atoms with Crippen LogP contribution in [0.5, 0.6) is 0 Å². The number of likely N-dealkylation sites (N-methyl/N-ethyl adjacent to an activating group) is 1. The number of halogens is 1. The molecule has 1 saturated heterocycles. The summed E-state index contributed by atoms with van der Waals surface area (Å²) in [5.41, 5.74) is 5.57. The van der Waals surface area contributed by atoms with Gasteiger partial charge in [0, 0.05) is 7.05 Å². The van der Waals surface area contributed by atoms with Crippen LogP contribution in [0.2, 0.25) is 5.02 Å². The van der Waals surface area contributed by atoms with Crippen molar-refractivity contribution in [3.05, 3.63) is 23.2 Å². The number of anilines is 1. The van der Waals surface area contributed by atoms with E-state index in [4.69, 9.17) is 17.3 Å². The van der Waals surface area contributed by atoms with Gasteiger partial charge in [-0.05, 0) is 12.1 Å². The van der Waals surface area contributed by atoms with Gasteiger partial charge < -0.3 is 5.73 Å². The van der Waals surface area contributed by atoms with Gasteiger partial charge in [0.2, 0.25) is 21.8 Å². The summed E-state index contributed by atoms with van der Waals surface area (Å²) in [5, 5.41) is -0.0531. The molecule has 1 aromatic carbocycles. The SMILES string of the molecule is CN1C(=O)CC(NS(=O)(=O)c2c(N)cccc2Cl)C1=O. The summed E-state index contributed by atoms with van der Waals surface area (Å²) in [6.07, 6.45) is -0.223. The number of hydrogen-bond donors (Lipinski definition) is 2. The largest absolute Gasteiger partial charge is 0.398 e. The van der Waals surface area contributed by atoms with Gasteiger partial charge in [0.25, 0.3) is 0 Å². The van der Waals surface area contributed by atoms with Gasteiger partial charge in [-0.15, -0.1) is 0 Å². The number of sulfonamides is 1. The lowest BCUT2D eigenvalue weighted by Crippen LogP contribution is -2.40. The number of carbonyl (C=O) groups is 2. The second-order valence-corrected chi connectivity index (χ2v) is 6.39. The maximum atomic E-state index is 12.2. The second-order valence-electron chi connectivity index (χ2n) is 4.33. The minimum Gasteiger partial charge on any atom is -0.398 e. The highest BCUT2D eigenvalue weighted by atomic mass is 35.5. The number of nitrogens with one attached hydrogen (secondary N) is 1. The molecule has 0 spiro atoms. The Bertz CT molecular complexity index is 669. The van der Waals surface area contributed by atoms with Crippen LogP contribution in [0.25, 0.3) is 0 Å². The topological polar surface area (TPSA) is 110 Å². The number of carbonyl (C=O) groups excluding carboxylic acids is 2. The van der Waals surface area contributed by atoms with E-state index >= 15 is 0 Å². The summed E-state index contributed by atoms with van der Waals surface area (Å²) in [7, 11) is -2.80. The van der Waals surface area contributed by atoms with Gasteiger partial charge in [0.05, 0.1) is 17.1 Å². The predicted molar refractivity (Wildman–Crippen MR) is 72.4 cm³/mol. The zero-order valence-electron chi connectivity index (χ0n) is 10.5. The van der Waals surface area contributed by atoms with E-state index in [-0.39, 0.29) is 22.0 Å². The first-order valence-corrected chi connectivity index (χ1v) is 7.47. The fourth-order valence-corrected chi connectivity index (χ4v) is 3.77. The molecular formula is C11H12ClN3O4S. The monoisotopic (exact) mass is 317 g/mol. The number of likely N-dealkylation sites (tertiary alicyclic amines) is 1. The average molecular weight is 318 g/mol. The lowest BCUT2D eigenvalue weighted by Gasteiger charge is -2.14. The molecule has 0 bridgehead atoms. The van der Waals surface area contributed by atoms with E-state index in [0.717, 1.165) is 4.90 Å². The summed E-state index contributed by atoms with van der Waals surface area (Å²) < 4.78 is 26.6. The third-order valence-electron chi connectivity index (χ3n) is 2.95. The molecule has 0 radical (unpaired) electrons. The fourth-order valence-electron chi connectivity index (χ4n) is 1.90. The van der Waals surface area contributed by atoms with Gasteiger partial charge in [0.15, 0.2) is 0 Å². The molecule has 3 N–H and O–H groups in total. The van der Waals surface area contributed by atoms with Crippen molar-refractivity contribution in [1.82, 2.24) is 9.62 Å². The van der Waals surface area contributed by atoms with Crippen LogP contribution in [0.15, 0.2) is 23.1 Å². The fraction of sp³-hybridized carbons (Fsp3) is 0.273. The molecule has 0 saturated carbocycles. The molecule has 0 aliphatic carbocycles. The van der Waals surface area contributed by atoms with Crippen molar-refractivity contribution in [2.75, 3.05) is 12.8 Å². The third kappa shape index (κ3) is 2.49. The van der Waals surface area contributed by atoms with Gasteiger partial charge >= 0.3 is 0 Å². The number of imide groups is 1. The third-order valence-corrected chi connectivity index (χ3v) is 4.96. The molecule has 2 rings (SSSR count). The number of rotatable bonds is 3. The van der Waals surface area contributed by atoms with Crippen molar-refractivity contribution >= 4 is 39.1 Å². The van der Waals surface area contributed by atoms with Crippen molar-refractivity contribution in [2.45, 2.75) is 17.4 Å². The number of benzene rings is 1. The van der Waals surface area contributed by atoms with Crippen LogP contribution in [0.3, 0.4) is 0 Å². The van der Waals surface area contributed by atoms with Gasteiger partial charge in [-0.25, -0.2) is 8.42 Å². The summed E-state index contributed by atoms with van der Waals surface area (Å²) in [6.45, 7) is 0. The van der Waals surface area contributed by atoms with Gasteiger partial charge in [-0.2, -0.15) is 4.72 Å². The van der Waals surface area contributed by atoms with E-state index in [1.165, 1.54) is 25.2 Å². The molecule has 1 atom stereocenters. The Morgan fingerprint density at radius 3 is 2.55 bits per heavy atom. The first kappa shape index (κ1) is 14.8. The number of nitrogen functional groups attached to an aromatic ring is 1. The quantitative estimate of drug-likeness (QED) is 0.600. The van der Waals surface area contributed by atoms with Crippen LogP contribution in [0.1, 0.15) is 6.42 Å². The molecule has 2 amide bonds. The molecule has 20 heavy (non-hydrogen) atoms. The average Bonchev–Trinajstić information content (AvgIpc) is 2.56. The van der Waals surface area contributed by atoms with Gasteiger partial charge in [0.1, 0.15) is 10.9 Å². The van der Waals surface area contributed by atoms with Crippen molar-refractivity contribution < 1.29 is 18.0 Å². The second kappa shape index (κ2) is 5.04. The molecule has 0 aromatic heterocycles. The van der Waals surface area contributed by atoms with Crippen molar-refractivity contribution in [1.29, 1.82) is 0 Å². The highest BCUT2D eigenvalue weighted by Crippen LogP contribution is 2.27. The molecule has 108 valence electrons. The molecule has 1 aromatic rings. The number of nitrogens with zero attached hydrogens (tertiary/aromatic N) is 1. The zero-order chi connectivity index (χ0) is 15.1. The van der Waals surface area contributed by atoms with E-state index in [0.29, 0.717) is 0 Å². The summed E-state index contributed by atoms with van der Waals surface area (Å²) in [4.78, 5) is 23.7. The van der Waals surface area contributed by atoms with Crippen LogP contribution in [-0.4, -0.2) is 38.2 Å². The Morgan fingerprint density at radius 1 is 1.40 bits per heavy atom. The molecule has 9 heteroatoms. The number of nitrogens with two attached hydrogens (primary N) is 1. The minimum atomic E-state index is -4.09. The smallest absolute Gasteiger partial charge is 0.247 e.